The minimum Gasteiger partial charge on any atom is -0.282 e. The van der Waals surface area contributed by atoms with Crippen molar-refractivity contribution in [1.82, 2.24) is 14.7 Å². The fourth-order valence-electron chi connectivity index (χ4n) is 2.16. The van der Waals surface area contributed by atoms with Gasteiger partial charge in [-0.3, -0.25) is 14.5 Å². The van der Waals surface area contributed by atoms with Gasteiger partial charge < -0.3 is 0 Å². The second-order valence-corrected chi connectivity index (χ2v) is 7.56. The molecule has 0 spiro atoms. The second-order valence-electron chi connectivity index (χ2n) is 4.71. The Balaban J connectivity index is 1.68. The van der Waals surface area contributed by atoms with E-state index in [-0.39, 0.29) is 17.6 Å². The van der Waals surface area contributed by atoms with Crippen molar-refractivity contribution >= 4 is 47.1 Å². The molecule has 0 unspecified atom stereocenters. The van der Waals surface area contributed by atoms with Crippen molar-refractivity contribution in [2.45, 2.75) is 17.2 Å². The smallest absolute Gasteiger partial charge is 0.239 e. The largest absolute Gasteiger partial charge is 0.282 e. The van der Waals surface area contributed by atoms with Crippen molar-refractivity contribution in [1.29, 1.82) is 0 Å². The van der Waals surface area contributed by atoms with Crippen LogP contribution in [0.3, 0.4) is 0 Å². The molecule has 0 N–H and O–H groups in total. The molecular weight excluding hydrogens is 338 g/mol. The molecule has 2 aromatic rings. The Bertz CT molecular complexity index is 754. The number of likely N-dealkylation sites (tertiary alicyclic amines) is 1. The van der Waals surface area contributed by atoms with Crippen LogP contribution in [0, 0.1) is 3.95 Å². The molecule has 3 rings (SSSR count). The lowest BCUT2D eigenvalue weighted by atomic mass is 10.3. The topological polar surface area (TPSA) is 55.2 Å². The van der Waals surface area contributed by atoms with Gasteiger partial charge in [-0.05, 0) is 30.8 Å². The monoisotopic (exact) mass is 351 g/mol. The Kier molecular flexibility index (Phi) is 4.70. The Morgan fingerprint density at radius 2 is 2.14 bits per heavy atom. The first kappa shape index (κ1) is 15.4. The lowest BCUT2D eigenvalue weighted by Gasteiger charge is -2.11. The van der Waals surface area contributed by atoms with Crippen molar-refractivity contribution < 1.29 is 9.59 Å². The maximum absolute atomic E-state index is 12.0. The van der Waals surface area contributed by atoms with Gasteiger partial charge in [0.2, 0.25) is 11.8 Å². The summed E-state index contributed by atoms with van der Waals surface area (Å²) in [4.78, 5) is 24.9. The van der Waals surface area contributed by atoms with Gasteiger partial charge in [0.05, 0.1) is 11.4 Å². The first-order valence-electron chi connectivity index (χ1n) is 6.77. The molecule has 0 atom stereocenters. The molecule has 8 heteroatoms. The van der Waals surface area contributed by atoms with E-state index in [4.69, 9.17) is 12.2 Å². The fourth-order valence-corrected chi connectivity index (χ4v) is 4.40. The Morgan fingerprint density at radius 3 is 2.82 bits per heavy atom. The summed E-state index contributed by atoms with van der Waals surface area (Å²) >= 11 is 8.01. The van der Waals surface area contributed by atoms with Gasteiger partial charge in [0.15, 0.2) is 8.29 Å². The number of hydrogen-bond acceptors (Lipinski definition) is 6. The number of benzene rings is 1. The number of nitrogens with zero attached hydrogens (tertiary/aromatic N) is 3. The van der Waals surface area contributed by atoms with Gasteiger partial charge in [0.1, 0.15) is 0 Å². The minimum absolute atomic E-state index is 0.0759. The van der Waals surface area contributed by atoms with Gasteiger partial charge >= 0.3 is 0 Å². The number of para-hydroxylation sites is 1. The summed E-state index contributed by atoms with van der Waals surface area (Å²) in [5.41, 5.74) is 0.900. The number of rotatable bonds is 4. The highest BCUT2D eigenvalue weighted by atomic mass is 32.2. The van der Waals surface area contributed by atoms with E-state index in [2.05, 4.69) is 5.10 Å². The van der Waals surface area contributed by atoms with E-state index in [0.717, 1.165) is 16.4 Å². The zero-order valence-electron chi connectivity index (χ0n) is 11.6. The molecular formula is C14H13N3O2S3. The van der Waals surface area contributed by atoms with Crippen LogP contribution in [0.4, 0.5) is 0 Å². The second kappa shape index (κ2) is 6.72. The van der Waals surface area contributed by atoms with Gasteiger partial charge in [-0.15, -0.1) is 5.10 Å². The average Bonchev–Trinajstić information content (AvgIpc) is 3.11. The van der Waals surface area contributed by atoms with E-state index in [0.29, 0.717) is 16.9 Å². The van der Waals surface area contributed by atoms with Gasteiger partial charge in [0.25, 0.3) is 0 Å². The summed E-state index contributed by atoms with van der Waals surface area (Å²) in [6, 6.07) is 9.63. The third-order valence-corrected chi connectivity index (χ3v) is 5.57. The number of thioether (sulfide) groups is 1. The molecule has 0 bridgehead atoms. The van der Waals surface area contributed by atoms with Crippen LogP contribution in [0.15, 0.2) is 34.7 Å². The molecule has 1 aliphatic heterocycles. The van der Waals surface area contributed by atoms with Crippen molar-refractivity contribution in [2.75, 3.05) is 12.3 Å². The zero-order chi connectivity index (χ0) is 15.5. The quantitative estimate of drug-likeness (QED) is 0.626. The van der Waals surface area contributed by atoms with E-state index >= 15 is 0 Å². The predicted octanol–water partition coefficient (Wildman–Crippen LogP) is 2.90. The molecule has 22 heavy (non-hydrogen) atoms. The third kappa shape index (κ3) is 3.29. The minimum atomic E-state index is -0.153. The fraction of sp³-hybridized carbons (Fsp3) is 0.286. The molecule has 0 radical (unpaired) electrons. The molecule has 5 nitrogen and oxygen atoms in total. The molecule has 0 saturated carbocycles. The van der Waals surface area contributed by atoms with Crippen LogP contribution < -0.4 is 0 Å². The van der Waals surface area contributed by atoms with Crippen LogP contribution >= 0.6 is 35.3 Å². The van der Waals surface area contributed by atoms with E-state index in [9.17, 15) is 9.59 Å². The summed E-state index contributed by atoms with van der Waals surface area (Å²) < 4.78 is 3.06. The van der Waals surface area contributed by atoms with Gasteiger partial charge in [-0.25, -0.2) is 4.68 Å². The summed E-state index contributed by atoms with van der Waals surface area (Å²) in [6.45, 7) is 0.534. The molecule has 2 heterocycles. The van der Waals surface area contributed by atoms with Crippen LogP contribution in [0.2, 0.25) is 0 Å². The zero-order valence-corrected chi connectivity index (χ0v) is 14.0. The van der Waals surface area contributed by atoms with Crippen LogP contribution in [0.1, 0.15) is 12.8 Å². The summed E-state index contributed by atoms with van der Waals surface area (Å²) in [5.74, 6) is -0.0176. The molecule has 1 fully saturated rings. The van der Waals surface area contributed by atoms with Crippen LogP contribution in [0.25, 0.3) is 5.69 Å². The SMILES string of the molecule is O=C1CCCN1C(=O)CSc1nn(-c2ccccc2)c(=S)s1. The van der Waals surface area contributed by atoms with Gasteiger partial charge in [-0.2, -0.15) is 0 Å². The lowest BCUT2D eigenvalue weighted by molar-refractivity contribution is -0.140. The molecule has 1 aliphatic rings. The maximum Gasteiger partial charge on any atom is 0.239 e. The highest BCUT2D eigenvalue weighted by Crippen LogP contribution is 2.25. The van der Waals surface area contributed by atoms with E-state index in [1.54, 1.807) is 4.68 Å². The van der Waals surface area contributed by atoms with Crippen molar-refractivity contribution in [3.05, 3.63) is 34.3 Å². The predicted molar refractivity (Wildman–Crippen MR) is 89.0 cm³/mol. The summed E-state index contributed by atoms with van der Waals surface area (Å²) in [7, 11) is 0. The van der Waals surface area contributed by atoms with Crippen molar-refractivity contribution in [3.8, 4) is 5.69 Å². The molecule has 1 saturated heterocycles. The van der Waals surface area contributed by atoms with E-state index < -0.39 is 0 Å². The normalized spacial score (nSPS) is 14.5. The molecule has 2 amide bonds. The number of imide groups is 1. The average molecular weight is 351 g/mol. The third-order valence-electron chi connectivity index (χ3n) is 3.22. The van der Waals surface area contributed by atoms with Crippen LogP contribution in [-0.4, -0.2) is 38.8 Å². The Labute approximate surface area is 140 Å². The summed E-state index contributed by atoms with van der Waals surface area (Å²) in [6.07, 6.45) is 1.23. The Morgan fingerprint density at radius 1 is 1.36 bits per heavy atom. The van der Waals surface area contributed by atoms with E-state index in [1.807, 2.05) is 30.3 Å². The standard InChI is InChI=1S/C14H13N3O2S3/c18-11-7-4-8-16(11)12(19)9-21-13-15-17(14(20)22-13)10-5-2-1-3-6-10/h1-3,5-6H,4,7-9H2. The number of hydrogen-bond donors (Lipinski definition) is 0. The van der Waals surface area contributed by atoms with E-state index in [1.165, 1.54) is 28.0 Å². The number of carbonyl (C=O) groups is 2. The van der Waals surface area contributed by atoms with Crippen molar-refractivity contribution in [2.24, 2.45) is 0 Å². The highest BCUT2D eigenvalue weighted by molar-refractivity contribution is 8.01. The highest BCUT2D eigenvalue weighted by Gasteiger charge is 2.26. The molecule has 1 aromatic heterocycles. The first-order valence-corrected chi connectivity index (χ1v) is 8.98. The van der Waals surface area contributed by atoms with Gasteiger partial charge in [0, 0.05) is 13.0 Å². The molecule has 114 valence electrons. The van der Waals surface area contributed by atoms with Crippen LogP contribution in [0.5, 0.6) is 0 Å². The molecule has 0 aliphatic carbocycles. The molecule has 1 aromatic carbocycles. The van der Waals surface area contributed by atoms with Gasteiger partial charge in [-0.1, -0.05) is 41.3 Å². The van der Waals surface area contributed by atoms with Crippen molar-refractivity contribution in [3.63, 3.8) is 0 Å². The number of carbonyl (C=O) groups excluding carboxylic acids is 2. The number of aromatic nitrogens is 2. The summed E-state index contributed by atoms with van der Waals surface area (Å²) in [5, 5.41) is 4.44. The first-order chi connectivity index (χ1) is 10.6. The lowest BCUT2D eigenvalue weighted by Crippen LogP contribution is -2.33. The Hall–Kier alpha value is -1.51. The van der Waals surface area contributed by atoms with Crippen LogP contribution in [-0.2, 0) is 9.59 Å². The maximum atomic E-state index is 12.0. The number of amides is 2.